The summed E-state index contributed by atoms with van der Waals surface area (Å²) in [4.78, 5) is 0.145. The van der Waals surface area contributed by atoms with Gasteiger partial charge in [0.2, 0.25) is 10.0 Å². The molecule has 0 spiro atoms. The van der Waals surface area contributed by atoms with Gasteiger partial charge in [0.1, 0.15) is 10.6 Å². The molecular weight excluding hydrogens is 292 g/mol. The second-order valence-corrected chi connectivity index (χ2v) is 6.29. The van der Waals surface area contributed by atoms with E-state index in [9.17, 15) is 8.42 Å². The van der Waals surface area contributed by atoms with Crippen molar-refractivity contribution < 1.29 is 17.9 Å². The number of sulfonamides is 1. The van der Waals surface area contributed by atoms with Gasteiger partial charge in [0.15, 0.2) is 0 Å². The Labute approximate surface area is 126 Å². The van der Waals surface area contributed by atoms with Crippen molar-refractivity contribution in [3.05, 3.63) is 23.8 Å². The number of ether oxygens (including phenoxy) is 2. The largest absolute Gasteiger partial charge is 0.495 e. The zero-order chi connectivity index (χ0) is 15.9. The molecule has 0 aromatic heterocycles. The van der Waals surface area contributed by atoms with E-state index in [1.54, 1.807) is 25.1 Å². The van der Waals surface area contributed by atoms with Gasteiger partial charge in [0.05, 0.1) is 13.7 Å². The zero-order valence-corrected chi connectivity index (χ0v) is 13.6. The van der Waals surface area contributed by atoms with E-state index in [1.165, 1.54) is 11.4 Å². The van der Waals surface area contributed by atoms with E-state index < -0.39 is 10.0 Å². The molecule has 0 heterocycles. The molecule has 0 saturated carbocycles. The highest BCUT2D eigenvalue weighted by atomic mass is 32.2. The molecule has 0 amide bonds. The Bertz CT molecular complexity index is 546. The van der Waals surface area contributed by atoms with Crippen LogP contribution in [0.5, 0.6) is 5.75 Å². The lowest BCUT2D eigenvalue weighted by atomic mass is 10.2. The molecule has 1 aromatic carbocycles. The molecular formula is C14H24N2O4S. The SMILES string of the molecule is CCOCCN(CC)S(=O)(=O)c1cc(CN)ccc1OC. The van der Waals surface area contributed by atoms with Gasteiger partial charge >= 0.3 is 0 Å². The number of nitrogens with two attached hydrogens (primary N) is 1. The summed E-state index contributed by atoms with van der Waals surface area (Å²) in [5, 5.41) is 0. The molecule has 0 bridgehead atoms. The predicted molar refractivity (Wildman–Crippen MR) is 81.8 cm³/mol. The third-order valence-corrected chi connectivity index (χ3v) is 5.12. The van der Waals surface area contributed by atoms with E-state index in [1.807, 2.05) is 6.92 Å². The Kier molecular flexibility index (Phi) is 7.10. The maximum atomic E-state index is 12.8. The van der Waals surface area contributed by atoms with E-state index in [2.05, 4.69) is 0 Å². The van der Waals surface area contributed by atoms with Crippen molar-refractivity contribution >= 4 is 10.0 Å². The Morgan fingerprint density at radius 2 is 2.00 bits per heavy atom. The summed E-state index contributed by atoms with van der Waals surface area (Å²) in [5.74, 6) is 0.321. The lowest BCUT2D eigenvalue weighted by molar-refractivity contribution is 0.135. The summed E-state index contributed by atoms with van der Waals surface area (Å²) >= 11 is 0. The van der Waals surface area contributed by atoms with Gasteiger partial charge in [-0.15, -0.1) is 0 Å². The van der Waals surface area contributed by atoms with Gasteiger partial charge in [-0.05, 0) is 24.6 Å². The maximum absolute atomic E-state index is 12.8. The number of methoxy groups -OCH3 is 1. The highest BCUT2D eigenvalue weighted by Gasteiger charge is 2.26. The zero-order valence-electron chi connectivity index (χ0n) is 12.8. The number of likely N-dealkylation sites (N-methyl/N-ethyl adjacent to an activating group) is 1. The molecule has 0 fully saturated rings. The molecule has 0 unspecified atom stereocenters. The van der Waals surface area contributed by atoms with Crippen LogP contribution in [0.15, 0.2) is 23.1 Å². The third kappa shape index (κ3) is 4.41. The van der Waals surface area contributed by atoms with Crippen LogP contribution in [0.4, 0.5) is 0 Å². The molecule has 21 heavy (non-hydrogen) atoms. The van der Waals surface area contributed by atoms with E-state index in [0.717, 1.165) is 5.56 Å². The molecule has 0 atom stereocenters. The average molecular weight is 316 g/mol. The van der Waals surface area contributed by atoms with Gasteiger partial charge in [0.25, 0.3) is 0 Å². The van der Waals surface area contributed by atoms with Crippen LogP contribution >= 0.6 is 0 Å². The van der Waals surface area contributed by atoms with Gasteiger partial charge in [-0.2, -0.15) is 4.31 Å². The fraction of sp³-hybridized carbons (Fsp3) is 0.571. The minimum atomic E-state index is -3.63. The molecule has 0 saturated heterocycles. The number of rotatable bonds is 9. The van der Waals surface area contributed by atoms with Crippen molar-refractivity contribution in [2.24, 2.45) is 5.73 Å². The van der Waals surface area contributed by atoms with Crippen molar-refractivity contribution in [1.82, 2.24) is 4.31 Å². The average Bonchev–Trinajstić information content (AvgIpc) is 2.50. The van der Waals surface area contributed by atoms with E-state index >= 15 is 0 Å². The monoisotopic (exact) mass is 316 g/mol. The van der Waals surface area contributed by atoms with Crippen LogP contribution in [-0.2, 0) is 21.3 Å². The van der Waals surface area contributed by atoms with E-state index in [4.69, 9.17) is 15.2 Å². The Hall–Kier alpha value is -1.15. The lowest BCUT2D eigenvalue weighted by Crippen LogP contribution is -2.34. The summed E-state index contributed by atoms with van der Waals surface area (Å²) in [6, 6.07) is 4.96. The van der Waals surface area contributed by atoms with Gasteiger partial charge in [-0.3, -0.25) is 0 Å². The van der Waals surface area contributed by atoms with E-state index in [-0.39, 0.29) is 11.4 Å². The quantitative estimate of drug-likeness (QED) is 0.692. The Morgan fingerprint density at radius 3 is 2.52 bits per heavy atom. The molecule has 1 aromatic rings. The first kappa shape index (κ1) is 17.9. The second kappa shape index (κ2) is 8.33. The van der Waals surface area contributed by atoms with Crippen LogP contribution < -0.4 is 10.5 Å². The summed E-state index contributed by atoms with van der Waals surface area (Å²) in [6.07, 6.45) is 0. The first-order chi connectivity index (χ1) is 10.0. The minimum absolute atomic E-state index is 0.145. The number of benzene rings is 1. The van der Waals surface area contributed by atoms with E-state index in [0.29, 0.717) is 32.1 Å². The number of hydrogen-bond acceptors (Lipinski definition) is 5. The van der Waals surface area contributed by atoms with Crippen molar-refractivity contribution in [3.63, 3.8) is 0 Å². The predicted octanol–water partition coefficient (Wildman–Crippen LogP) is 1.20. The Balaban J connectivity index is 3.14. The molecule has 120 valence electrons. The highest BCUT2D eigenvalue weighted by molar-refractivity contribution is 7.89. The molecule has 0 aliphatic rings. The number of nitrogens with zero attached hydrogens (tertiary/aromatic N) is 1. The van der Waals surface area contributed by atoms with Gasteiger partial charge in [0, 0.05) is 26.2 Å². The summed E-state index contributed by atoms with van der Waals surface area (Å²) in [5.41, 5.74) is 6.34. The summed E-state index contributed by atoms with van der Waals surface area (Å²) < 4.78 is 37.3. The van der Waals surface area contributed by atoms with Crippen LogP contribution in [0.2, 0.25) is 0 Å². The number of hydrogen-bond donors (Lipinski definition) is 1. The topological polar surface area (TPSA) is 81.9 Å². The van der Waals surface area contributed by atoms with Crippen molar-refractivity contribution in [3.8, 4) is 5.75 Å². The molecule has 2 N–H and O–H groups in total. The summed E-state index contributed by atoms with van der Waals surface area (Å²) in [7, 11) is -2.18. The van der Waals surface area contributed by atoms with Gasteiger partial charge in [-0.25, -0.2) is 8.42 Å². The maximum Gasteiger partial charge on any atom is 0.246 e. The molecule has 0 aliphatic heterocycles. The van der Waals surface area contributed by atoms with Crippen LogP contribution in [0.25, 0.3) is 0 Å². The molecule has 6 nitrogen and oxygen atoms in total. The van der Waals surface area contributed by atoms with Crippen molar-refractivity contribution in [2.45, 2.75) is 25.3 Å². The molecule has 0 aliphatic carbocycles. The van der Waals surface area contributed by atoms with Crippen molar-refractivity contribution in [2.75, 3.05) is 33.4 Å². The standard InChI is InChI=1S/C14H24N2O4S/c1-4-16(8-9-20-5-2)21(17,18)14-10-12(11-15)6-7-13(14)19-3/h6-7,10H,4-5,8-9,11,15H2,1-3H3. The van der Waals surface area contributed by atoms with Gasteiger partial charge in [-0.1, -0.05) is 13.0 Å². The van der Waals surface area contributed by atoms with Crippen LogP contribution in [0.1, 0.15) is 19.4 Å². The van der Waals surface area contributed by atoms with Crippen LogP contribution in [0, 0.1) is 0 Å². The minimum Gasteiger partial charge on any atom is -0.495 e. The summed E-state index contributed by atoms with van der Waals surface area (Å²) in [6.45, 7) is 5.54. The van der Waals surface area contributed by atoms with Crippen molar-refractivity contribution in [1.29, 1.82) is 0 Å². The fourth-order valence-electron chi connectivity index (χ4n) is 1.95. The molecule has 7 heteroatoms. The lowest BCUT2D eigenvalue weighted by Gasteiger charge is -2.22. The van der Waals surface area contributed by atoms with Crippen LogP contribution in [-0.4, -0.2) is 46.1 Å². The molecule has 0 radical (unpaired) electrons. The first-order valence-corrected chi connectivity index (χ1v) is 8.40. The van der Waals surface area contributed by atoms with Crippen LogP contribution in [0.3, 0.4) is 0 Å². The smallest absolute Gasteiger partial charge is 0.246 e. The highest BCUT2D eigenvalue weighted by Crippen LogP contribution is 2.27. The first-order valence-electron chi connectivity index (χ1n) is 6.96. The third-order valence-electron chi connectivity index (χ3n) is 3.12. The van der Waals surface area contributed by atoms with Gasteiger partial charge < -0.3 is 15.2 Å². The normalized spacial score (nSPS) is 11.9. The molecule has 1 rings (SSSR count). The Morgan fingerprint density at radius 1 is 1.29 bits per heavy atom. The second-order valence-electron chi connectivity index (χ2n) is 4.38. The fourth-order valence-corrected chi connectivity index (χ4v) is 3.59.